The van der Waals surface area contributed by atoms with Crippen molar-refractivity contribution in [2.75, 3.05) is 5.32 Å². The quantitative estimate of drug-likeness (QED) is 0.688. The van der Waals surface area contributed by atoms with Gasteiger partial charge in [-0.15, -0.1) is 0 Å². The summed E-state index contributed by atoms with van der Waals surface area (Å²) in [5, 5.41) is 11.8. The fourth-order valence-electron chi connectivity index (χ4n) is 1.93. The molecule has 1 aromatic heterocycles. The molecule has 1 amide bonds. The Balaban J connectivity index is 2.14. The molecule has 23 heavy (non-hydrogen) atoms. The molecule has 1 aromatic carbocycles. The Hall–Kier alpha value is -2.46. The fourth-order valence-corrected chi connectivity index (χ4v) is 2.92. The minimum atomic E-state index is -0.501. The van der Waals surface area contributed by atoms with Gasteiger partial charge < -0.3 is 5.32 Å². The molecule has 0 unspecified atom stereocenters. The summed E-state index contributed by atoms with van der Waals surface area (Å²) in [4.78, 5) is 20.6. The first-order valence-electron chi connectivity index (χ1n) is 6.89. The molecule has 0 saturated carbocycles. The molecule has 0 aliphatic rings. The molecular weight excluding hydrogens is 315 g/mol. The molecule has 0 fully saturated rings. The molecule has 1 heterocycles. The van der Waals surface area contributed by atoms with Gasteiger partial charge in [-0.05, 0) is 39.0 Å². The molecule has 0 bridgehead atoms. The van der Waals surface area contributed by atoms with Gasteiger partial charge in [-0.2, -0.15) is 5.26 Å². The summed E-state index contributed by atoms with van der Waals surface area (Å²) in [6.45, 7) is 5.16. The minimum Gasteiger partial charge on any atom is -0.325 e. The van der Waals surface area contributed by atoms with E-state index in [0.717, 1.165) is 0 Å². The molecule has 0 aliphatic heterocycles. The summed E-state index contributed by atoms with van der Waals surface area (Å²) < 4.78 is 13.1. The van der Waals surface area contributed by atoms with Crippen LogP contribution in [-0.2, 0) is 4.79 Å². The molecule has 2 aromatic rings. The van der Waals surface area contributed by atoms with E-state index in [1.807, 2.05) is 0 Å². The van der Waals surface area contributed by atoms with E-state index in [4.69, 9.17) is 0 Å². The molecule has 0 radical (unpaired) electrons. The topological polar surface area (TPSA) is 78.7 Å². The Bertz CT molecular complexity index is 788. The number of aromatic nitrogens is 2. The Morgan fingerprint density at radius 1 is 1.39 bits per heavy atom. The summed E-state index contributed by atoms with van der Waals surface area (Å²) in [6.07, 6.45) is 0. The number of carbonyl (C=O) groups is 1. The molecule has 0 saturated heterocycles. The number of amides is 1. The number of aryl methyl sites for hydroxylation is 2. The maximum Gasteiger partial charge on any atom is 0.237 e. The highest BCUT2D eigenvalue weighted by Crippen LogP contribution is 2.27. The van der Waals surface area contributed by atoms with Crippen molar-refractivity contribution in [1.82, 2.24) is 9.97 Å². The zero-order valence-electron chi connectivity index (χ0n) is 12.9. The van der Waals surface area contributed by atoms with E-state index in [9.17, 15) is 14.4 Å². The van der Waals surface area contributed by atoms with Crippen LogP contribution >= 0.6 is 11.8 Å². The standard InChI is InChI=1S/C16H15FN4OS/c1-9-14(8-18)16(20-11(3)19-9)23-10(2)15(22)21-13-6-4-5-12(17)7-13/h4-7,10H,1-3H3,(H,21,22)/t10-/m0/s1. The number of rotatable bonds is 4. The number of thioether (sulfide) groups is 1. The van der Waals surface area contributed by atoms with E-state index in [0.29, 0.717) is 27.8 Å². The van der Waals surface area contributed by atoms with Crippen molar-refractivity contribution in [2.24, 2.45) is 0 Å². The van der Waals surface area contributed by atoms with E-state index < -0.39 is 11.1 Å². The van der Waals surface area contributed by atoms with Gasteiger partial charge in [0.2, 0.25) is 5.91 Å². The van der Waals surface area contributed by atoms with Crippen LogP contribution in [0.15, 0.2) is 29.3 Å². The fraction of sp³-hybridized carbons (Fsp3) is 0.250. The van der Waals surface area contributed by atoms with Gasteiger partial charge in [0.25, 0.3) is 0 Å². The average molecular weight is 330 g/mol. The largest absolute Gasteiger partial charge is 0.325 e. The molecule has 5 nitrogen and oxygen atoms in total. The summed E-state index contributed by atoms with van der Waals surface area (Å²) in [6, 6.07) is 7.75. The maximum atomic E-state index is 13.1. The second-order valence-corrected chi connectivity index (χ2v) is 6.24. The lowest BCUT2D eigenvalue weighted by Gasteiger charge is -2.13. The molecule has 2 rings (SSSR count). The van der Waals surface area contributed by atoms with Crippen LogP contribution in [0.5, 0.6) is 0 Å². The highest BCUT2D eigenvalue weighted by molar-refractivity contribution is 8.00. The average Bonchev–Trinajstić information content (AvgIpc) is 2.46. The van der Waals surface area contributed by atoms with Crippen molar-refractivity contribution in [3.63, 3.8) is 0 Å². The number of benzene rings is 1. The summed E-state index contributed by atoms with van der Waals surface area (Å²) in [7, 11) is 0. The number of anilines is 1. The SMILES string of the molecule is Cc1nc(C)c(C#N)c(S[C@@H](C)C(=O)Nc2cccc(F)c2)n1. The van der Waals surface area contributed by atoms with Gasteiger partial charge in [-0.3, -0.25) is 4.79 Å². The van der Waals surface area contributed by atoms with Gasteiger partial charge in [0.05, 0.1) is 10.9 Å². The molecule has 1 atom stereocenters. The van der Waals surface area contributed by atoms with Crippen LogP contribution in [0.1, 0.15) is 24.0 Å². The van der Waals surface area contributed by atoms with E-state index in [1.165, 1.54) is 30.0 Å². The third kappa shape index (κ3) is 4.27. The second kappa shape index (κ2) is 7.20. The first-order chi connectivity index (χ1) is 10.9. The van der Waals surface area contributed by atoms with Crippen molar-refractivity contribution in [3.05, 3.63) is 47.2 Å². The summed E-state index contributed by atoms with van der Waals surface area (Å²) in [5.41, 5.74) is 1.34. The predicted molar refractivity (Wildman–Crippen MR) is 86.6 cm³/mol. The van der Waals surface area contributed by atoms with Crippen molar-refractivity contribution in [2.45, 2.75) is 31.0 Å². The second-order valence-electron chi connectivity index (χ2n) is 4.91. The number of nitrogens with zero attached hydrogens (tertiary/aromatic N) is 3. The van der Waals surface area contributed by atoms with E-state index in [2.05, 4.69) is 21.4 Å². The zero-order valence-corrected chi connectivity index (χ0v) is 13.7. The smallest absolute Gasteiger partial charge is 0.237 e. The van der Waals surface area contributed by atoms with Gasteiger partial charge in [0, 0.05) is 5.69 Å². The normalized spacial score (nSPS) is 11.6. The van der Waals surface area contributed by atoms with E-state index in [1.54, 1.807) is 26.8 Å². The predicted octanol–water partition coefficient (Wildman–Crippen LogP) is 3.22. The van der Waals surface area contributed by atoms with Crippen LogP contribution < -0.4 is 5.32 Å². The number of hydrogen-bond donors (Lipinski definition) is 1. The highest BCUT2D eigenvalue weighted by atomic mass is 32.2. The van der Waals surface area contributed by atoms with Crippen LogP contribution in [0.3, 0.4) is 0 Å². The Morgan fingerprint density at radius 3 is 2.78 bits per heavy atom. The molecule has 0 spiro atoms. The van der Waals surface area contributed by atoms with Crippen LogP contribution in [0, 0.1) is 31.0 Å². The van der Waals surface area contributed by atoms with Crippen LogP contribution in [0.4, 0.5) is 10.1 Å². The number of carbonyl (C=O) groups excluding carboxylic acids is 1. The van der Waals surface area contributed by atoms with Gasteiger partial charge in [-0.1, -0.05) is 17.8 Å². The number of nitriles is 1. The van der Waals surface area contributed by atoms with Crippen molar-refractivity contribution in [1.29, 1.82) is 5.26 Å². The van der Waals surface area contributed by atoms with Gasteiger partial charge in [-0.25, -0.2) is 14.4 Å². The van der Waals surface area contributed by atoms with Crippen LogP contribution in [0.25, 0.3) is 0 Å². The number of hydrogen-bond acceptors (Lipinski definition) is 5. The van der Waals surface area contributed by atoms with Gasteiger partial charge >= 0.3 is 0 Å². The van der Waals surface area contributed by atoms with Crippen LogP contribution in [-0.4, -0.2) is 21.1 Å². The van der Waals surface area contributed by atoms with Gasteiger partial charge in [0.1, 0.15) is 28.3 Å². The third-order valence-electron chi connectivity index (χ3n) is 3.03. The number of halogens is 1. The Labute approximate surface area is 138 Å². The molecule has 1 N–H and O–H groups in total. The Kier molecular flexibility index (Phi) is 5.29. The lowest BCUT2D eigenvalue weighted by molar-refractivity contribution is -0.115. The van der Waals surface area contributed by atoms with Crippen molar-refractivity contribution in [3.8, 4) is 6.07 Å². The minimum absolute atomic E-state index is 0.293. The van der Waals surface area contributed by atoms with Crippen molar-refractivity contribution < 1.29 is 9.18 Å². The summed E-state index contributed by atoms with van der Waals surface area (Å²) >= 11 is 1.18. The van der Waals surface area contributed by atoms with E-state index in [-0.39, 0.29) is 5.91 Å². The zero-order chi connectivity index (χ0) is 17.0. The molecule has 0 aliphatic carbocycles. The highest BCUT2D eigenvalue weighted by Gasteiger charge is 2.19. The maximum absolute atomic E-state index is 13.1. The lowest BCUT2D eigenvalue weighted by Crippen LogP contribution is -2.22. The van der Waals surface area contributed by atoms with E-state index >= 15 is 0 Å². The molecule has 118 valence electrons. The third-order valence-corrected chi connectivity index (χ3v) is 4.12. The summed E-state index contributed by atoms with van der Waals surface area (Å²) in [5.74, 6) is -0.169. The lowest BCUT2D eigenvalue weighted by atomic mass is 10.3. The molecular formula is C16H15FN4OS. The monoisotopic (exact) mass is 330 g/mol. The molecule has 7 heteroatoms. The first kappa shape index (κ1) is 16.9. The first-order valence-corrected chi connectivity index (χ1v) is 7.77. The van der Waals surface area contributed by atoms with Crippen molar-refractivity contribution >= 4 is 23.4 Å². The Morgan fingerprint density at radius 2 is 2.13 bits per heavy atom. The van der Waals surface area contributed by atoms with Gasteiger partial charge in [0.15, 0.2) is 0 Å². The number of nitrogens with one attached hydrogen (secondary N) is 1. The van der Waals surface area contributed by atoms with Crippen LogP contribution in [0.2, 0.25) is 0 Å².